The molecule has 1 heterocycles. The maximum Gasteiger partial charge on any atom is 0.230 e. The zero-order valence-corrected chi connectivity index (χ0v) is 15.9. The number of methoxy groups -OCH3 is 2. The Balaban J connectivity index is 1.72. The maximum absolute atomic E-state index is 5.37. The average molecular weight is 371 g/mol. The molecule has 0 aliphatic rings. The van der Waals surface area contributed by atoms with Crippen molar-refractivity contribution in [1.82, 2.24) is 9.55 Å². The zero-order chi connectivity index (χ0) is 19.3. The summed E-state index contributed by atoms with van der Waals surface area (Å²) in [6.07, 6.45) is 1.80. The van der Waals surface area contributed by atoms with Crippen LogP contribution in [0.1, 0.15) is 11.1 Å². The summed E-state index contributed by atoms with van der Waals surface area (Å²) in [5.41, 5.74) is 4.10. The van der Waals surface area contributed by atoms with Gasteiger partial charge in [0.25, 0.3) is 0 Å². The zero-order valence-electron chi connectivity index (χ0n) is 15.9. The van der Waals surface area contributed by atoms with Crippen molar-refractivity contribution in [2.24, 2.45) is 4.99 Å². The smallest absolute Gasteiger partial charge is 0.230 e. The molecular formula is C23H21N3O2. The second kappa shape index (κ2) is 7.96. The van der Waals surface area contributed by atoms with Crippen molar-refractivity contribution >= 4 is 23.2 Å². The fourth-order valence-corrected chi connectivity index (χ4v) is 3.15. The van der Waals surface area contributed by atoms with Crippen molar-refractivity contribution < 1.29 is 9.47 Å². The molecule has 28 heavy (non-hydrogen) atoms. The number of aromatic nitrogens is 2. The Morgan fingerprint density at radius 1 is 0.893 bits per heavy atom. The summed E-state index contributed by atoms with van der Waals surface area (Å²) in [7, 11) is 3.25. The standard InChI is InChI=1S/C23H21N3O2/c1-27-21-13-12-18(14-22(21)28-2)15-24-23-25-19-10-6-7-11-20(19)26(23)16-17-8-4-3-5-9-17/h3-15H,16H2,1-2H3/b24-15+. The molecule has 0 atom stereocenters. The highest BCUT2D eigenvalue weighted by Crippen LogP contribution is 2.28. The van der Waals surface area contributed by atoms with Crippen LogP contribution in [0.15, 0.2) is 77.8 Å². The van der Waals surface area contributed by atoms with Crippen molar-refractivity contribution in [1.29, 1.82) is 0 Å². The fraction of sp³-hybridized carbons (Fsp3) is 0.130. The summed E-state index contributed by atoms with van der Waals surface area (Å²) >= 11 is 0. The molecule has 0 bridgehead atoms. The van der Waals surface area contributed by atoms with Gasteiger partial charge < -0.3 is 14.0 Å². The molecule has 4 rings (SSSR count). The first-order valence-corrected chi connectivity index (χ1v) is 9.04. The molecule has 3 aromatic carbocycles. The van der Waals surface area contributed by atoms with Gasteiger partial charge in [-0.3, -0.25) is 0 Å². The van der Waals surface area contributed by atoms with Gasteiger partial charge in [-0.2, -0.15) is 0 Å². The Kier molecular flexibility index (Phi) is 5.06. The first-order valence-electron chi connectivity index (χ1n) is 9.04. The van der Waals surface area contributed by atoms with E-state index in [4.69, 9.17) is 14.5 Å². The molecule has 0 radical (unpaired) electrons. The van der Waals surface area contributed by atoms with Gasteiger partial charge in [0.15, 0.2) is 11.5 Å². The van der Waals surface area contributed by atoms with E-state index in [9.17, 15) is 0 Å². The number of fused-ring (bicyclic) bond motifs is 1. The molecule has 0 saturated heterocycles. The average Bonchev–Trinajstić information content (AvgIpc) is 3.10. The predicted octanol–water partition coefficient (Wildman–Crippen LogP) is 4.85. The van der Waals surface area contributed by atoms with Crippen LogP contribution in [0.3, 0.4) is 0 Å². The highest BCUT2D eigenvalue weighted by Gasteiger charge is 2.10. The quantitative estimate of drug-likeness (QED) is 0.455. The number of imidazole rings is 1. The van der Waals surface area contributed by atoms with Crippen molar-refractivity contribution in [2.75, 3.05) is 14.2 Å². The van der Waals surface area contributed by atoms with Gasteiger partial charge in [-0.25, -0.2) is 9.98 Å². The first kappa shape index (κ1) is 17.8. The molecule has 0 amide bonds. The summed E-state index contributed by atoms with van der Waals surface area (Å²) in [6.45, 7) is 0.708. The fourth-order valence-electron chi connectivity index (χ4n) is 3.15. The molecule has 0 aliphatic heterocycles. The van der Waals surface area contributed by atoms with E-state index in [2.05, 4.69) is 27.8 Å². The van der Waals surface area contributed by atoms with Gasteiger partial charge in [0.05, 0.1) is 31.8 Å². The van der Waals surface area contributed by atoms with E-state index in [0.717, 1.165) is 16.6 Å². The number of para-hydroxylation sites is 2. The molecule has 140 valence electrons. The van der Waals surface area contributed by atoms with Crippen LogP contribution < -0.4 is 9.47 Å². The molecule has 0 aliphatic carbocycles. The number of hydrogen-bond donors (Lipinski definition) is 0. The van der Waals surface area contributed by atoms with Crippen LogP contribution in [-0.2, 0) is 6.54 Å². The summed E-state index contributed by atoms with van der Waals surface area (Å²) in [6, 6.07) is 24.1. The minimum absolute atomic E-state index is 0.667. The molecule has 0 unspecified atom stereocenters. The van der Waals surface area contributed by atoms with Crippen molar-refractivity contribution in [3.63, 3.8) is 0 Å². The number of benzene rings is 3. The summed E-state index contributed by atoms with van der Waals surface area (Å²) < 4.78 is 12.8. The van der Waals surface area contributed by atoms with E-state index in [1.165, 1.54) is 5.56 Å². The normalized spacial score (nSPS) is 11.2. The first-order chi connectivity index (χ1) is 13.8. The van der Waals surface area contributed by atoms with E-state index in [0.29, 0.717) is 24.0 Å². The van der Waals surface area contributed by atoms with Crippen LogP contribution in [0.2, 0.25) is 0 Å². The lowest BCUT2D eigenvalue weighted by molar-refractivity contribution is 0.355. The Bertz CT molecular complexity index is 1120. The van der Waals surface area contributed by atoms with Crippen molar-refractivity contribution in [2.45, 2.75) is 6.54 Å². The van der Waals surface area contributed by atoms with E-state index >= 15 is 0 Å². The van der Waals surface area contributed by atoms with E-state index < -0.39 is 0 Å². The van der Waals surface area contributed by atoms with E-state index in [-0.39, 0.29) is 0 Å². The lowest BCUT2D eigenvalue weighted by Crippen LogP contribution is -1.99. The lowest BCUT2D eigenvalue weighted by atomic mass is 10.2. The van der Waals surface area contributed by atoms with Gasteiger partial charge in [0.1, 0.15) is 0 Å². The SMILES string of the molecule is COc1ccc(/C=N/c2nc3ccccc3n2Cc2ccccc2)cc1OC. The second-order valence-electron chi connectivity index (χ2n) is 6.34. The van der Waals surface area contributed by atoms with Crippen molar-refractivity contribution in [3.8, 4) is 11.5 Å². The summed E-state index contributed by atoms with van der Waals surface area (Å²) in [5, 5.41) is 0. The van der Waals surface area contributed by atoms with Crippen LogP contribution in [-0.4, -0.2) is 30.0 Å². The van der Waals surface area contributed by atoms with E-state index in [1.54, 1.807) is 20.4 Å². The summed E-state index contributed by atoms with van der Waals surface area (Å²) in [4.78, 5) is 9.38. The third kappa shape index (κ3) is 3.60. The number of ether oxygens (including phenoxy) is 2. The van der Waals surface area contributed by atoms with Crippen LogP contribution in [0, 0.1) is 0 Å². The summed E-state index contributed by atoms with van der Waals surface area (Å²) in [5.74, 6) is 2.03. The molecule has 5 heteroatoms. The van der Waals surface area contributed by atoms with Crippen LogP contribution in [0.25, 0.3) is 11.0 Å². The molecule has 0 saturated carbocycles. The Morgan fingerprint density at radius 2 is 1.64 bits per heavy atom. The minimum Gasteiger partial charge on any atom is -0.493 e. The molecule has 1 aromatic heterocycles. The lowest BCUT2D eigenvalue weighted by Gasteiger charge is -2.08. The number of aliphatic imine (C=N–C) groups is 1. The molecule has 0 fully saturated rings. The van der Waals surface area contributed by atoms with Gasteiger partial charge >= 0.3 is 0 Å². The molecule has 0 spiro atoms. The predicted molar refractivity (Wildman–Crippen MR) is 112 cm³/mol. The maximum atomic E-state index is 5.37. The Morgan fingerprint density at radius 3 is 2.43 bits per heavy atom. The van der Waals surface area contributed by atoms with Gasteiger partial charge in [-0.1, -0.05) is 42.5 Å². The Labute approximate surface area is 163 Å². The third-order valence-electron chi connectivity index (χ3n) is 4.55. The number of nitrogens with zero attached hydrogens (tertiary/aromatic N) is 3. The van der Waals surface area contributed by atoms with Gasteiger partial charge in [-0.05, 0) is 41.5 Å². The van der Waals surface area contributed by atoms with Crippen LogP contribution >= 0.6 is 0 Å². The van der Waals surface area contributed by atoms with Crippen molar-refractivity contribution in [3.05, 3.63) is 83.9 Å². The van der Waals surface area contributed by atoms with Crippen LogP contribution in [0.5, 0.6) is 11.5 Å². The molecular weight excluding hydrogens is 350 g/mol. The highest BCUT2D eigenvalue weighted by molar-refractivity contribution is 5.84. The van der Waals surface area contributed by atoms with Gasteiger partial charge in [-0.15, -0.1) is 0 Å². The second-order valence-corrected chi connectivity index (χ2v) is 6.34. The highest BCUT2D eigenvalue weighted by atomic mass is 16.5. The molecule has 5 nitrogen and oxygen atoms in total. The van der Waals surface area contributed by atoms with E-state index in [1.807, 2.05) is 54.6 Å². The van der Waals surface area contributed by atoms with Crippen LogP contribution in [0.4, 0.5) is 5.95 Å². The number of rotatable bonds is 6. The number of hydrogen-bond acceptors (Lipinski definition) is 4. The topological polar surface area (TPSA) is 48.6 Å². The molecule has 4 aromatic rings. The largest absolute Gasteiger partial charge is 0.493 e. The molecule has 0 N–H and O–H groups in total. The van der Waals surface area contributed by atoms with Gasteiger partial charge in [0.2, 0.25) is 5.95 Å². The Hall–Kier alpha value is -3.60. The van der Waals surface area contributed by atoms with Gasteiger partial charge in [0, 0.05) is 6.21 Å². The monoisotopic (exact) mass is 371 g/mol. The third-order valence-corrected chi connectivity index (χ3v) is 4.55. The minimum atomic E-state index is 0.667.